The lowest BCUT2D eigenvalue weighted by molar-refractivity contribution is -0.123. The van der Waals surface area contributed by atoms with Gasteiger partial charge in [0, 0.05) is 31.9 Å². The number of aliphatic hydroxyl groups is 1. The van der Waals surface area contributed by atoms with E-state index < -0.39 is 5.60 Å². The smallest absolute Gasteiger partial charge is 0.220 e. The molecule has 0 bridgehead atoms. The number of aromatic nitrogens is 2. The zero-order valence-corrected chi connectivity index (χ0v) is 15.6. The van der Waals surface area contributed by atoms with Crippen LogP contribution in [0.3, 0.4) is 0 Å². The lowest BCUT2D eigenvalue weighted by atomic mass is 9.68. The van der Waals surface area contributed by atoms with Crippen LogP contribution in [0.2, 0.25) is 0 Å². The predicted molar refractivity (Wildman–Crippen MR) is 95.6 cm³/mol. The largest absolute Gasteiger partial charge is 0.388 e. The molecule has 0 atom stereocenters. The Hall–Kier alpha value is -1.36. The van der Waals surface area contributed by atoms with E-state index in [-0.39, 0.29) is 5.91 Å². The van der Waals surface area contributed by atoms with Crippen LogP contribution in [-0.2, 0) is 11.3 Å². The summed E-state index contributed by atoms with van der Waals surface area (Å²) in [7, 11) is 0. The Kier molecular flexibility index (Phi) is 6.07. The molecule has 1 saturated carbocycles. The summed E-state index contributed by atoms with van der Waals surface area (Å²) in [5.41, 5.74) is -0.422. The molecule has 1 aromatic heterocycles. The first kappa shape index (κ1) is 19.0. The fourth-order valence-corrected chi connectivity index (χ4v) is 3.60. The summed E-state index contributed by atoms with van der Waals surface area (Å²) in [5.74, 6) is 1.66. The van der Waals surface area contributed by atoms with E-state index in [1.54, 1.807) is 6.20 Å². The Balaban J connectivity index is 1.67. The first-order valence-corrected chi connectivity index (χ1v) is 9.16. The number of rotatable bonds is 6. The number of hydrogen-bond acceptors (Lipinski definition) is 3. The molecule has 1 heterocycles. The normalized spacial score (nSPS) is 24.8. The summed E-state index contributed by atoms with van der Waals surface area (Å²) in [6, 6.07) is 0. The molecule has 0 spiro atoms. The number of imidazole rings is 1. The fourth-order valence-electron chi connectivity index (χ4n) is 3.60. The second-order valence-electron chi connectivity index (χ2n) is 8.41. The summed E-state index contributed by atoms with van der Waals surface area (Å²) in [4.78, 5) is 16.2. The highest BCUT2D eigenvalue weighted by molar-refractivity contribution is 5.75. The van der Waals surface area contributed by atoms with E-state index in [9.17, 15) is 9.90 Å². The van der Waals surface area contributed by atoms with E-state index >= 15 is 0 Å². The van der Waals surface area contributed by atoms with Crippen molar-refractivity contribution in [2.24, 2.45) is 11.3 Å². The number of carbonyl (C=O) groups is 1. The van der Waals surface area contributed by atoms with E-state index in [2.05, 4.69) is 35.6 Å². The van der Waals surface area contributed by atoms with Gasteiger partial charge in [-0.25, -0.2) is 4.98 Å². The van der Waals surface area contributed by atoms with Gasteiger partial charge in [0.1, 0.15) is 5.82 Å². The molecule has 0 aliphatic heterocycles. The molecule has 5 nitrogen and oxygen atoms in total. The molecule has 5 heteroatoms. The van der Waals surface area contributed by atoms with Crippen LogP contribution in [0.5, 0.6) is 0 Å². The topological polar surface area (TPSA) is 67.2 Å². The molecule has 0 unspecified atom stereocenters. The molecule has 1 aliphatic rings. The second kappa shape index (κ2) is 7.68. The molecular weight excluding hydrogens is 302 g/mol. The SMILES string of the molecule is Cc1nccn1CCCC(=O)NCC1(O)CCC(C(C)(C)C)CC1. The molecule has 2 rings (SSSR count). The van der Waals surface area contributed by atoms with Gasteiger partial charge in [-0.15, -0.1) is 0 Å². The number of nitrogens with zero attached hydrogens (tertiary/aromatic N) is 2. The first-order valence-electron chi connectivity index (χ1n) is 9.16. The van der Waals surface area contributed by atoms with Gasteiger partial charge in [0.15, 0.2) is 0 Å². The lowest BCUT2D eigenvalue weighted by Crippen LogP contribution is -2.46. The molecule has 0 aromatic carbocycles. The standard InChI is InChI=1S/C19H33N3O2/c1-15-20-11-13-22(15)12-5-6-17(23)21-14-19(24)9-7-16(8-10-19)18(2,3)4/h11,13,16,24H,5-10,12,14H2,1-4H3,(H,21,23). The van der Waals surface area contributed by atoms with Crippen molar-refractivity contribution in [2.45, 2.75) is 78.4 Å². The zero-order valence-electron chi connectivity index (χ0n) is 15.6. The summed E-state index contributed by atoms with van der Waals surface area (Å²) in [6.07, 6.45) is 8.62. The minimum absolute atomic E-state index is 0.0270. The monoisotopic (exact) mass is 335 g/mol. The number of carbonyl (C=O) groups excluding carboxylic acids is 1. The first-order chi connectivity index (χ1) is 11.2. The number of nitrogens with one attached hydrogen (secondary N) is 1. The molecular formula is C19H33N3O2. The second-order valence-corrected chi connectivity index (χ2v) is 8.41. The molecule has 1 fully saturated rings. The van der Waals surface area contributed by atoms with Crippen LogP contribution in [0.1, 0.15) is 65.1 Å². The molecule has 1 aromatic rings. The number of aryl methyl sites for hydroxylation is 2. The molecule has 136 valence electrons. The van der Waals surface area contributed by atoms with E-state index in [4.69, 9.17) is 0 Å². The predicted octanol–water partition coefficient (Wildman–Crippen LogP) is 3.06. The van der Waals surface area contributed by atoms with Crippen molar-refractivity contribution < 1.29 is 9.90 Å². The summed E-state index contributed by atoms with van der Waals surface area (Å²) in [6.45, 7) is 9.95. The van der Waals surface area contributed by atoms with Crippen LogP contribution >= 0.6 is 0 Å². The van der Waals surface area contributed by atoms with Crippen LogP contribution in [-0.4, -0.2) is 32.7 Å². The van der Waals surface area contributed by atoms with Crippen molar-refractivity contribution in [2.75, 3.05) is 6.54 Å². The van der Waals surface area contributed by atoms with Gasteiger partial charge in [-0.05, 0) is 50.4 Å². The highest BCUT2D eigenvalue weighted by Gasteiger charge is 2.37. The maximum absolute atomic E-state index is 12.0. The van der Waals surface area contributed by atoms with Crippen LogP contribution < -0.4 is 5.32 Å². The summed E-state index contributed by atoms with van der Waals surface area (Å²) in [5, 5.41) is 13.6. The van der Waals surface area contributed by atoms with Crippen LogP contribution in [0.25, 0.3) is 0 Å². The molecule has 2 N–H and O–H groups in total. The molecule has 24 heavy (non-hydrogen) atoms. The van der Waals surface area contributed by atoms with Gasteiger partial charge in [-0.1, -0.05) is 20.8 Å². The Bertz CT molecular complexity index is 537. The van der Waals surface area contributed by atoms with Gasteiger partial charge in [0.25, 0.3) is 0 Å². The highest BCUT2D eigenvalue weighted by atomic mass is 16.3. The fraction of sp³-hybridized carbons (Fsp3) is 0.789. The van der Waals surface area contributed by atoms with E-state index in [0.717, 1.165) is 44.5 Å². The van der Waals surface area contributed by atoms with Gasteiger partial charge < -0.3 is 15.0 Å². The van der Waals surface area contributed by atoms with Crippen molar-refractivity contribution in [1.29, 1.82) is 0 Å². The number of hydrogen-bond donors (Lipinski definition) is 2. The van der Waals surface area contributed by atoms with Gasteiger partial charge in [-0.2, -0.15) is 0 Å². The zero-order chi connectivity index (χ0) is 17.8. The number of amides is 1. The summed E-state index contributed by atoms with van der Waals surface area (Å²) < 4.78 is 2.05. The van der Waals surface area contributed by atoms with Crippen molar-refractivity contribution >= 4 is 5.91 Å². The maximum Gasteiger partial charge on any atom is 0.220 e. The van der Waals surface area contributed by atoms with E-state index in [0.29, 0.717) is 24.3 Å². The Morgan fingerprint density at radius 1 is 1.42 bits per heavy atom. The molecule has 1 aliphatic carbocycles. The third-order valence-electron chi connectivity index (χ3n) is 5.48. The van der Waals surface area contributed by atoms with Gasteiger partial charge in [0.2, 0.25) is 5.91 Å². The lowest BCUT2D eigenvalue weighted by Gasteiger charge is -2.41. The quantitative estimate of drug-likeness (QED) is 0.839. The molecule has 1 amide bonds. The highest BCUT2D eigenvalue weighted by Crippen LogP contribution is 2.41. The Morgan fingerprint density at radius 3 is 2.62 bits per heavy atom. The third kappa shape index (κ3) is 5.33. The third-order valence-corrected chi connectivity index (χ3v) is 5.48. The van der Waals surface area contributed by atoms with E-state index in [1.165, 1.54) is 0 Å². The van der Waals surface area contributed by atoms with Crippen molar-refractivity contribution in [3.8, 4) is 0 Å². The van der Waals surface area contributed by atoms with Gasteiger partial charge >= 0.3 is 0 Å². The Morgan fingerprint density at radius 2 is 2.08 bits per heavy atom. The molecule has 0 saturated heterocycles. The summed E-state index contributed by atoms with van der Waals surface area (Å²) >= 11 is 0. The minimum Gasteiger partial charge on any atom is -0.388 e. The molecule has 0 radical (unpaired) electrons. The van der Waals surface area contributed by atoms with Gasteiger partial charge in [0.05, 0.1) is 5.60 Å². The maximum atomic E-state index is 12.0. The van der Waals surface area contributed by atoms with Crippen molar-refractivity contribution in [1.82, 2.24) is 14.9 Å². The van der Waals surface area contributed by atoms with Crippen LogP contribution in [0, 0.1) is 18.3 Å². The van der Waals surface area contributed by atoms with Crippen molar-refractivity contribution in [3.05, 3.63) is 18.2 Å². The van der Waals surface area contributed by atoms with Gasteiger partial charge in [-0.3, -0.25) is 4.79 Å². The Labute approximate surface area is 145 Å². The van der Waals surface area contributed by atoms with E-state index in [1.807, 2.05) is 13.1 Å². The average molecular weight is 335 g/mol. The average Bonchev–Trinajstić information content (AvgIpc) is 2.90. The van der Waals surface area contributed by atoms with Crippen molar-refractivity contribution in [3.63, 3.8) is 0 Å². The van der Waals surface area contributed by atoms with Crippen LogP contribution in [0.4, 0.5) is 0 Å². The minimum atomic E-state index is -0.724. The van der Waals surface area contributed by atoms with Crippen LogP contribution in [0.15, 0.2) is 12.4 Å².